The number of likely N-dealkylation sites (tertiary alicyclic amines) is 1. The third-order valence-electron chi connectivity index (χ3n) is 3.28. The van der Waals surface area contributed by atoms with Crippen molar-refractivity contribution in [2.24, 2.45) is 5.92 Å². The molecule has 0 spiro atoms. The highest BCUT2D eigenvalue weighted by Crippen LogP contribution is 2.20. The minimum atomic E-state index is -3.97. The number of hydrogen-bond acceptors (Lipinski definition) is 3. The minimum Gasteiger partial charge on any atom is -0.304 e. The number of benzene rings is 1. The Hall–Kier alpha value is -1.05. The van der Waals surface area contributed by atoms with E-state index in [1.165, 1.54) is 0 Å². The highest BCUT2D eigenvalue weighted by molar-refractivity contribution is 7.89. The zero-order chi connectivity index (χ0) is 14.2. The maximum atomic E-state index is 13.5. The number of nitrogens with one attached hydrogen (secondary N) is 1. The Bertz CT molecular complexity index is 577. The van der Waals surface area contributed by atoms with Crippen LogP contribution in [0.2, 0.25) is 0 Å². The standard InChI is InChI=1S/C12H16F2N2O2S/c1-8-6-16(2)7-11(8)15-19(17,18)12-4-3-9(13)5-10(12)14/h3-5,8,11,15H,6-7H2,1-2H3. The van der Waals surface area contributed by atoms with Crippen LogP contribution in [-0.4, -0.2) is 39.5 Å². The van der Waals surface area contributed by atoms with Crippen LogP contribution in [-0.2, 0) is 10.0 Å². The molecule has 1 aromatic carbocycles. The zero-order valence-corrected chi connectivity index (χ0v) is 11.5. The minimum absolute atomic E-state index is 0.142. The third-order valence-corrected chi connectivity index (χ3v) is 4.81. The molecule has 1 aromatic rings. The summed E-state index contributed by atoms with van der Waals surface area (Å²) in [5, 5.41) is 0. The molecule has 1 fully saturated rings. The van der Waals surface area contributed by atoms with Crippen LogP contribution in [0.15, 0.2) is 23.1 Å². The maximum absolute atomic E-state index is 13.5. The van der Waals surface area contributed by atoms with Gasteiger partial charge in [-0.1, -0.05) is 6.92 Å². The molecular weight excluding hydrogens is 274 g/mol. The first kappa shape index (κ1) is 14.4. The van der Waals surface area contributed by atoms with Crippen LogP contribution < -0.4 is 4.72 Å². The van der Waals surface area contributed by atoms with Gasteiger partial charge in [-0.15, -0.1) is 0 Å². The maximum Gasteiger partial charge on any atom is 0.243 e. The molecule has 0 saturated carbocycles. The van der Waals surface area contributed by atoms with E-state index in [9.17, 15) is 17.2 Å². The van der Waals surface area contributed by atoms with Crippen molar-refractivity contribution >= 4 is 10.0 Å². The first-order valence-electron chi connectivity index (χ1n) is 5.95. The number of rotatable bonds is 3. The molecule has 106 valence electrons. The van der Waals surface area contributed by atoms with Gasteiger partial charge in [-0.05, 0) is 25.1 Å². The van der Waals surface area contributed by atoms with Crippen molar-refractivity contribution in [2.45, 2.75) is 17.9 Å². The highest BCUT2D eigenvalue weighted by atomic mass is 32.2. The van der Waals surface area contributed by atoms with E-state index in [1.54, 1.807) is 0 Å². The average molecular weight is 290 g/mol. The van der Waals surface area contributed by atoms with E-state index < -0.39 is 26.6 Å². The number of hydrogen-bond donors (Lipinski definition) is 1. The van der Waals surface area contributed by atoms with Crippen LogP contribution in [0.3, 0.4) is 0 Å². The molecule has 1 aliphatic rings. The zero-order valence-electron chi connectivity index (χ0n) is 10.7. The second-order valence-corrected chi connectivity index (χ2v) is 6.68. The monoisotopic (exact) mass is 290 g/mol. The lowest BCUT2D eigenvalue weighted by Gasteiger charge is -2.16. The second-order valence-electron chi connectivity index (χ2n) is 5.00. The van der Waals surface area contributed by atoms with E-state index in [0.29, 0.717) is 12.6 Å². The predicted molar refractivity (Wildman–Crippen MR) is 67.1 cm³/mol. The van der Waals surface area contributed by atoms with Crippen LogP contribution in [0.25, 0.3) is 0 Å². The van der Waals surface area contributed by atoms with Gasteiger partial charge in [-0.2, -0.15) is 0 Å². The Balaban J connectivity index is 2.23. The molecule has 19 heavy (non-hydrogen) atoms. The predicted octanol–water partition coefficient (Wildman–Crippen LogP) is 1.19. The highest BCUT2D eigenvalue weighted by Gasteiger charge is 2.32. The normalized spacial score (nSPS) is 24.8. The number of sulfonamides is 1. The van der Waals surface area contributed by atoms with Gasteiger partial charge >= 0.3 is 0 Å². The molecule has 4 nitrogen and oxygen atoms in total. The van der Waals surface area contributed by atoms with Crippen molar-refractivity contribution in [1.82, 2.24) is 9.62 Å². The summed E-state index contributed by atoms with van der Waals surface area (Å²) in [6.45, 7) is 3.28. The molecule has 1 saturated heterocycles. The molecular formula is C12H16F2N2O2S. The van der Waals surface area contributed by atoms with E-state index in [4.69, 9.17) is 0 Å². The fourth-order valence-electron chi connectivity index (χ4n) is 2.32. The first-order chi connectivity index (χ1) is 8.79. The van der Waals surface area contributed by atoms with E-state index in [2.05, 4.69) is 4.72 Å². The molecule has 1 heterocycles. The lowest BCUT2D eigenvalue weighted by molar-refractivity contribution is 0.400. The van der Waals surface area contributed by atoms with Crippen molar-refractivity contribution in [3.8, 4) is 0 Å². The van der Waals surface area contributed by atoms with Gasteiger partial charge in [-0.3, -0.25) is 0 Å². The topological polar surface area (TPSA) is 49.4 Å². The van der Waals surface area contributed by atoms with Gasteiger partial charge in [0.2, 0.25) is 10.0 Å². The Morgan fingerprint density at radius 3 is 2.53 bits per heavy atom. The second kappa shape index (κ2) is 5.15. The Morgan fingerprint density at radius 2 is 2.00 bits per heavy atom. The average Bonchev–Trinajstić information content (AvgIpc) is 2.55. The summed E-state index contributed by atoms with van der Waals surface area (Å²) in [6, 6.07) is 2.18. The van der Waals surface area contributed by atoms with Crippen LogP contribution in [0.4, 0.5) is 8.78 Å². The molecule has 2 unspecified atom stereocenters. The summed E-state index contributed by atoms with van der Waals surface area (Å²) in [7, 11) is -2.07. The Labute approximate surface area is 111 Å². The molecule has 1 N–H and O–H groups in total. The van der Waals surface area contributed by atoms with Gasteiger partial charge in [0.05, 0.1) is 0 Å². The van der Waals surface area contributed by atoms with Crippen molar-refractivity contribution < 1.29 is 17.2 Å². The van der Waals surface area contributed by atoms with Gasteiger partial charge in [0, 0.05) is 25.2 Å². The fraction of sp³-hybridized carbons (Fsp3) is 0.500. The summed E-state index contributed by atoms with van der Waals surface area (Å²) in [5.41, 5.74) is 0. The van der Waals surface area contributed by atoms with Crippen LogP contribution >= 0.6 is 0 Å². The first-order valence-corrected chi connectivity index (χ1v) is 7.44. The van der Waals surface area contributed by atoms with Gasteiger partial charge in [0.15, 0.2) is 0 Å². The quantitative estimate of drug-likeness (QED) is 0.910. The lowest BCUT2D eigenvalue weighted by atomic mass is 10.1. The van der Waals surface area contributed by atoms with Gasteiger partial charge < -0.3 is 4.90 Å². The van der Waals surface area contributed by atoms with Crippen molar-refractivity contribution in [1.29, 1.82) is 0 Å². The van der Waals surface area contributed by atoms with Crippen LogP contribution in [0.5, 0.6) is 0 Å². The number of halogens is 2. The molecule has 1 aliphatic heterocycles. The van der Waals surface area contributed by atoms with E-state index >= 15 is 0 Å². The van der Waals surface area contributed by atoms with Crippen molar-refractivity contribution in [3.05, 3.63) is 29.8 Å². The van der Waals surface area contributed by atoms with Crippen LogP contribution in [0.1, 0.15) is 6.92 Å². The van der Waals surface area contributed by atoms with E-state index in [0.717, 1.165) is 18.7 Å². The summed E-state index contributed by atoms with van der Waals surface area (Å²) in [4.78, 5) is 1.48. The van der Waals surface area contributed by atoms with E-state index in [-0.39, 0.29) is 12.0 Å². The number of nitrogens with zero attached hydrogens (tertiary/aromatic N) is 1. The molecule has 0 amide bonds. The van der Waals surface area contributed by atoms with Crippen molar-refractivity contribution in [3.63, 3.8) is 0 Å². The Morgan fingerprint density at radius 1 is 1.32 bits per heavy atom. The van der Waals surface area contributed by atoms with Crippen LogP contribution in [0, 0.1) is 17.6 Å². The van der Waals surface area contributed by atoms with Gasteiger partial charge in [0.1, 0.15) is 16.5 Å². The fourth-order valence-corrected chi connectivity index (χ4v) is 3.71. The molecule has 0 bridgehead atoms. The number of likely N-dealkylation sites (N-methyl/N-ethyl adjacent to an activating group) is 1. The Kier molecular flexibility index (Phi) is 3.89. The summed E-state index contributed by atoms with van der Waals surface area (Å²) >= 11 is 0. The van der Waals surface area contributed by atoms with Crippen molar-refractivity contribution in [2.75, 3.05) is 20.1 Å². The van der Waals surface area contributed by atoms with Gasteiger partial charge in [-0.25, -0.2) is 21.9 Å². The summed E-state index contributed by atoms with van der Waals surface area (Å²) < 4.78 is 53.0. The molecule has 7 heteroatoms. The molecule has 0 aromatic heterocycles. The lowest BCUT2D eigenvalue weighted by Crippen LogP contribution is -2.39. The third kappa shape index (κ3) is 3.10. The SMILES string of the molecule is CC1CN(C)CC1NS(=O)(=O)c1ccc(F)cc1F. The van der Waals surface area contributed by atoms with Gasteiger partial charge in [0.25, 0.3) is 0 Å². The molecule has 0 aliphatic carbocycles. The van der Waals surface area contributed by atoms with E-state index in [1.807, 2.05) is 18.9 Å². The molecule has 0 radical (unpaired) electrons. The molecule has 2 rings (SSSR count). The molecule has 2 atom stereocenters. The largest absolute Gasteiger partial charge is 0.304 e. The smallest absolute Gasteiger partial charge is 0.243 e. The summed E-state index contributed by atoms with van der Waals surface area (Å²) in [5.74, 6) is -1.74. The summed E-state index contributed by atoms with van der Waals surface area (Å²) in [6.07, 6.45) is 0.